The molecule has 6 aromatic carbocycles. The summed E-state index contributed by atoms with van der Waals surface area (Å²) >= 11 is 7.27. The van der Waals surface area contributed by atoms with Crippen LogP contribution < -0.4 is 19.8 Å². The predicted molar refractivity (Wildman–Crippen MR) is 334 cm³/mol. The van der Waals surface area contributed by atoms with Crippen molar-refractivity contribution >= 4 is 44.6 Å². The molecule has 1 unspecified atom stereocenters. The Labute approximate surface area is 491 Å². The summed E-state index contributed by atoms with van der Waals surface area (Å²) in [7, 11) is -2.20. The molecule has 4 atom stereocenters. The highest BCUT2D eigenvalue weighted by molar-refractivity contribution is 6.99. The Hall–Kier alpha value is -5.61. The van der Waals surface area contributed by atoms with Crippen molar-refractivity contribution in [3.8, 4) is 11.5 Å². The molecule has 1 fully saturated rings. The summed E-state index contributed by atoms with van der Waals surface area (Å²) in [4.78, 5) is 13.8. The average Bonchev–Trinajstić information content (AvgIpc) is 4.02. The van der Waals surface area contributed by atoms with Gasteiger partial charge in [-0.2, -0.15) is 0 Å². The number of hydrogen-bond acceptors (Lipinski definition) is 9. The van der Waals surface area contributed by atoms with Gasteiger partial charge in [-0.15, -0.1) is 0 Å². The molecule has 0 aromatic heterocycles. The van der Waals surface area contributed by atoms with Gasteiger partial charge in [0.2, 0.25) is 0 Å². The summed E-state index contributed by atoms with van der Waals surface area (Å²) in [6, 6.07) is 58.3. The average molecular weight is 1150 g/mol. The molecule has 0 saturated carbocycles. The van der Waals surface area contributed by atoms with Gasteiger partial charge in [0.1, 0.15) is 11.7 Å². The second-order valence-corrected chi connectivity index (χ2v) is 33.5. The number of methoxy groups -OCH3 is 2. The van der Waals surface area contributed by atoms with E-state index in [1.54, 1.807) is 14.2 Å². The molecule has 1 aliphatic heterocycles. The molecule has 0 bridgehead atoms. The zero-order chi connectivity index (χ0) is 58.3. The number of rotatable bonds is 27. The van der Waals surface area contributed by atoms with Crippen molar-refractivity contribution in [2.75, 3.05) is 27.4 Å². The summed E-state index contributed by atoms with van der Waals surface area (Å²) < 4.78 is 53.1. The van der Waals surface area contributed by atoms with Crippen LogP contribution in [0.1, 0.15) is 110 Å². The number of allylic oxidation sites excluding steroid dienone is 3. The smallest absolute Gasteiger partial charge is 0.308 e. The largest absolute Gasteiger partial charge is 0.493 e. The van der Waals surface area contributed by atoms with Crippen molar-refractivity contribution in [3.05, 3.63) is 215 Å². The number of esters is 1. The minimum atomic E-state index is -3.01. The molecule has 12 heteroatoms. The fourth-order valence-corrected chi connectivity index (χ4v) is 16.7. The lowest BCUT2D eigenvalue weighted by Gasteiger charge is -2.44. The van der Waals surface area contributed by atoms with E-state index in [1.165, 1.54) is 10.4 Å². The molecule has 0 amide bonds. The molecule has 6 aromatic rings. The van der Waals surface area contributed by atoms with Crippen molar-refractivity contribution in [3.63, 3.8) is 0 Å². The molecule has 81 heavy (non-hydrogen) atoms. The summed E-state index contributed by atoms with van der Waals surface area (Å²) in [6.45, 7) is 22.5. The van der Waals surface area contributed by atoms with Crippen LogP contribution >= 0.6 is 11.6 Å². The Kier molecular flexibility index (Phi) is 22.2. The lowest BCUT2D eigenvalue weighted by atomic mass is 9.80. The van der Waals surface area contributed by atoms with Crippen LogP contribution in [-0.2, 0) is 44.8 Å². The van der Waals surface area contributed by atoms with Crippen molar-refractivity contribution in [2.45, 2.75) is 153 Å². The molecule has 1 heterocycles. The molecular formula is C69H87ClO9Si2. The van der Waals surface area contributed by atoms with Gasteiger partial charge in [0.15, 0.2) is 19.8 Å². The molecule has 7 rings (SSSR count). The van der Waals surface area contributed by atoms with E-state index in [0.29, 0.717) is 48.8 Å². The third-order valence-electron chi connectivity index (χ3n) is 15.9. The van der Waals surface area contributed by atoms with Gasteiger partial charge in [-0.25, -0.2) is 0 Å². The Balaban J connectivity index is 1.18. The van der Waals surface area contributed by atoms with E-state index >= 15 is 0 Å². The van der Waals surface area contributed by atoms with Crippen LogP contribution in [0.4, 0.5) is 0 Å². The second kappa shape index (κ2) is 28.6. The van der Waals surface area contributed by atoms with Gasteiger partial charge < -0.3 is 37.3 Å². The quantitative estimate of drug-likeness (QED) is 0.0216. The van der Waals surface area contributed by atoms with Gasteiger partial charge in [-0.3, -0.25) is 4.79 Å². The first-order chi connectivity index (χ1) is 38.7. The van der Waals surface area contributed by atoms with E-state index < -0.39 is 34.4 Å². The summed E-state index contributed by atoms with van der Waals surface area (Å²) in [5.74, 6) is 0.984. The van der Waals surface area contributed by atoms with Crippen molar-refractivity contribution in [1.82, 2.24) is 0 Å². The zero-order valence-corrected chi connectivity index (χ0v) is 52.7. The van der Waals surface area contributed by atoms with Gasteiger partial charge in [-0.05, 0) is 107 Å². The fraction of sp³-hybridized carbons (Fsp3) is 0.406. The first-order valence-corrected chi connectivity index (χ1v) is 33.8. The lowest BCUT2D eigenvalue weighted by Crippen LogP contribution is -2.66. The minimum Gasteiger partial charge on any atom is -0.493 e. The predicted octanol–water partition coefficient (Wildman–Crippen LogP) is 15.3. The Morgan fingerprint density at radius 2 is 1.21 bits per heavy atom. The van der Waals surface area contributed by atoms with E-state index in [2.05, 4.69) is 200 Å². The van der Waals surface area contributed by atoms with E-state index in [9.17, 15) is 4.79 Å². The number of carbonyl (C=O) groups excluding carboxylic acids is 1. The molecule has 0 radical (unpaired) electrons. The van der Waals surface area contributed by atoms with Gasteiger partial charge >= 0.3 is 5.97 Å². The number of carbonyl (C=O) groups is 1. The van der Waals surface area contributed by atoms with Crippen LogP contribution in [-0.4, -0.2) is 80.6 Å². The van der Waals surface area contributed by atoms with Crippen LogP contribution in [0.2, 0.25) is 23.2 Å². The van der Waals surface area contributed by atoms with Gasteiger partial charge in [0.05, 0.1) is 64.9 Å². The SMILES string of the molecule is COc1ccc(CO[C@@H]2C[C@@H](CC/C(Cl)=C/C/C=C(\CO[Si](c3ccccc3)(c3ccccc3)C(C)(C)C)C(CC(=O)OC(C)C)O[Si](C)(C)C(C)(C)C)O[C@@H]2COC(c2ccccc2)(c2ccccc2)c2ccccc2)cc1OC. The minimum absolute atomic E-state index is 0.0559. The summed E-state index contributed by atoms with van der Waals surface area (Å²) in [6.07, 6.45) is 4.92. The third-order valence-corrected chi connectivity index (χ3v) is 25.7. The Bertz CT molecular complexity index is 2800. The number of halogens is 1. The zero-order valence-electron chi connectivity index (χ0n) is 49.9. The molecule has 432 valence electrons. The molecule has 0 spiro atoms. The fourth-order valence-electron chi connectivity index (χ4n) is 10.7. The van der Waals surface area contributed by atoms with Crippen molar-refractivity contribution in [2.24, 2.45) is 0 Å². The van der Waals surface area contributed by atoms with E-state index in [-0.39, 0.29) is 54.0 Å². The highest BCUT2D eigenvalue weighted by Gasteiger charge is 2.51. The second-order valence-electron chi connectivity index (χ2n) is 23.9. The van der Waals surface area contributed by atoms with Gasteiger partial charge in [0.25, 0.3) is 8.32 Å². The first kappa shape index (κ1) is 63.0. The molecule has 1 saturated heterocycles. The third kappa shape index (κ3) is 15.9. The number of ether oxygens (including phenoxy) is 6. The maximum atomic E-state index is 13.8. The molecule has 9 nitrogen and oxygen atoms in total. The molecule has 0 N–H and O–H groups in total. The van der Waals surface area contributed by atoms with Crippen molar-refractivity contribution < 1.29 is 42.1 Å². The van der Waals surface area contributed by atoms with Crippen LogP contribution in [0, 0.1) is 0 Å². The molecule has 1 aliphatic rings. The highest BCUT2D eigenvalue weighted by Crippen LogP contribution is 2.43. The van der Waals surface area contributed by atoms with Crippen molar-refractivity contribution in [1.29, 1.82) is 0 Å². The normalized spacial score (nSPS) is 17.0. The maximum absolute atomic E-state index is 13.8. The lowest BCUT2D eigenvalue weighted by molar-refractivity contribution is -0.149. The first-order valence-electron chi connectivity index (χ1n) is 28.6. The number of hydrogen-bond donors (Lipinski definition) is 0. The molecule has 0 aliphatic carbocycles. The van der Waals surface area contributed by atoms with E-state index in [4.69, 9.17) is 48.9 Å². The van der Waals surface area contributed by atoms with Crippen LogP contribution in [0.25, 0.3) is 0 Å². The molecular weight excluding hydrogens is 1060 g/mol. The Morgan fingerprint density at radius 1 is 0.691 bits per heavy atom. The highest BCUT2D eigenvalue weighted by atomic mass is 35.5. The van der Waals surface area contributed by atoms with Crippen LogP contribution in [0.3, 0.4) is 0 Å². The Morgan fingerprint density at radius 3 is 1.69 bits per heavy atom. The van der Waals surface area contributed by atoms with Crippen LogP contribution in [0.5, 0.6) is 11.5 Å². The topological polar surface area (TPSA) is 90.9 Å². The van der Waals surface area contributed by atoms with Crippen LogP contribution in [0.15, 0.2) is 193 Å². The monoisotopic (exact) mass is 1150 g/mol. The van der Waals surface area contributed by atoms with E-state index in [0.717, 1.165) is 27.8 Å². The maximum Gasteiger partial charge on any atom is 0.308 e. The summed E-state index contributed by atoms with van der Waals surface area (Å²) in [5.41, 5.74) is 3.94. The summed E-state index contributed by atoms with van der Waals surface area (Å²) in [5, 5.41) is 2.65. The number of benzene rings is 6. The standard InChI is InChI=1S/C69H87ClO9Si2/c1-51(2)77-66(71)47-62(79-80(11,12)67(3,4)5)53(49-76-81(68(6,7)8,59-37-24-16-25-38-59)60-39-26-17-27-40-60)29-28-36-57(70)42-43-58-46-64(74-48-52-41-44-61(72-9)63(45-52)73-10)65(78-58)50-75-69(54-30-18-13-19-31-54,55-32-20-14-21-33-55)56-34-22-15-23-35-56/h13-27,29-41,44-45,51,58,62,64-65H,28,42-43,46-50H2,1-12H3/b53-29+,57-36-/t58-,62?,64-,65-/m1/s1. The van der Waals surface area contributed by atoms with Gasteiger partial charge in [-0.1, -0.05) is 223 Å². The van der Waals surface area contributed by atoms with E-state index in [1.807, 2.05) is 50.2 Å². The van der Waals surface area contributed by atoms with Gasteiger partial charge in [0, 0.05) is 11.5 Å².